The van der Waals surface area contributed by atoms with E-state index < -0.39 is 0 Å². The smallest absolute Gasteiger partial charge is 0.211 e. The summed E-state index contributed by atoms with van der Waals surface area (Å²) in [6.45, 7) is 0. The molecule has 0 amide bonds. The normalized spacial score (nSPS) is 11.1. The van der Waals surface area contributed by atoms with Crippen LogP contribution in [0.25, 0.3) is 16.2 Å². The molecule has 0 saturated carbocycles. The number of hydrogen-bond donors (Lipinski definition) is 2. The maximum absolute atomic E-state index is 5.33. The number of nitrogens with two attached hydrogens (primary N) is 2. The van der Waals surface area contributed by atoms with E-state index in [0.29, 0.717) is 11.5 Å². The van der Waals surface area contributed by atoms with Crippen LogP contribution in [-0.4, -0.2) is 35.8 Å². The van der Waals surface area contributed by atoms with Gasteiger partial charge in [-0.25, -0.2) is 4.98 Å². The van der Waals surface area contributed by atoms with Crippen molar-refractivity contribution in [2.75, 3.05) is 14.2 Å². The highest BCUT2D eigenvalue weighted by molar-refractivity contribution is 7.15. The lowest BCUT2D eigenvalue weighted by Crippen LogP contribution is -2.21. The number of guanidine groups is 1. The highest BCUT2D eigenvalue weighted by atomic mass is 32.1. The van der Waals surface area contributed by atoms with Gasteiger partial charge in [-0.15, -0.1) is 16.4 Å². The number of imidazole rings is 1. The molecule has 0 spiro atoms. The number of rotatable bonds is 5. The largest absolute Gasteiger partial charge is 0.497 e. The summed E-state index contributed by atoms with van der Waals surface area (Å²) in [5.74, 6) is 1.24. The molecule has 8 nitrogen and oxygen atoms in total. The van der Waals surface area contributed by atoms with E-state index in [1.165, 1.54) is 11.3 Å². The fourth-order valence-electron chi connectivity index (χ4n) is 2.23. The van der Waals surface area contributed by atoms with Crippen LogP contribution in [0.15, 0.2) is 40.0 Å². The summed E-state index contributed by atoms with van der Waals surface area (Å²) in [5.41, 5.74) is 12.9. The molecule has 24 heavy (non-hydrogen) atoms. The third-order valence-corrected chi connectivity index (χ3v) is 4.03. The van der Waals surface area contributed by atoms with E-state index in [-0.39, 0.29) is 5.96 Å². The average Bonchev–Trinajstić information content (AvgIpc) is 3.16. The predicted molar refractivity (Wildman–Crippen MR) is 95.0 cm³/mol. The first-order chi connectivity index (χ1) is 11.6. The van der Waals surface area contributed by atoms with Gasteiger partial charge in [-0.2, -0.15) is 5.10 Å². The van der Waals surface area contributed by atoms with Crippen molar-refractivity contribution >= 4 is 28.5 Å². The van der Waals surface area contributed by atoms with Gasteiger partial charge in [0.15, 0.2) is 4.96 Å². The number of methoxy groups -OCH3 is 2. The van der Waals surface area contributed by atoms with E-state index in [9.17, 15) is 0 Å². The molecular weight excluding hydrogens is 328 g/mol. The second-order valence-electron chi connectivity index (χ2n) is 4.77. The van der Waals surface area contributed by atoms with Crippen molar-refractivity contribution < 1.29 is 9.47 Å². The zero-order valence-corrected chi connectivity index (χ0v) is 13.9. The van der Waals surface area contributed by atoms with Gasteiger partial charge in [-0.1, -0.05) is 0 Å². The lowest BCUT2D eigenvalue weighted by molar-refractivity contribution is 0.394. The van der Waals surface area contributed by atoms with Crippen LogP contribution < -0.4 is 20.9 Å². The van der Waals surface area contributed by atoms with Crippen molar-refractivity contribution in [3.05, 3.63) is 35.5 Å². The van der Waals surface area contributed by atoms with Gasteiger partial charge in [-0.05, 0) is 12.1 Å². The summed E-state index contributed by atoms with van der Waals surface area (Å²) in [5, 5.41) is 9.50. The van der Waals surface area contributed by atoms with Crippen molar-refractivity contribution in [3.63, 3.8) is 0 Å². The molecule has 4 N–H and O–H groups in total. The number of fused-ring (bicyclic) bond motifs is 1. The molecule has 0 aliphatic heterocycles. The molecule has 0 aliphatic rings. The molecule has 0 aliphatic carbocycles. The van der Waals surface area contributed by atoms with Crippen molar-refractivity contribution in [1.82, 2.24) is 9.38 Å². The van der Waals surface area contributed by atoms with Gasteiger partial charge in [0, 0.05) is 23.2 Å². The molecule has 0 atom stereocenters. The fourth-order valence-corrected chi connectivity index (χ4v) is 2.95. The van der Waals surface area contributed by atoms with Crippen LogP contribution in [0.2, 0.25) is 0 Å². The minimum atomic E-state index is -0.109. The first-order valence-corrected chi connectivity index (χ1v) is 7.81. The Labute approximate surface area is 142 Å². The van der Waals surface area contributed by atoms with Crippen molar-refractivity contribution in [1.29, 1.82) is 0 Å². The predicted octanol–water partition coefficient (Wildman–Crippen LogP) is 1.69. The minimum Gasteiger partial charge on any atom is -0.497 e. The molecule has 2 heterocycles. The summed E-state index contributed by atoms with van der Waals surface area (Å²) >= 11 is 1.52. The van der Waals surface area contributed by atoms with Crippen LogP contribution in [0.4, 0.5) is 0 Å². The first kappa shape index (κ1) is 15.8. The maximum Gasteiger partial charge on any atom is 0.211 e. The third kappa shape index (κ3) is 3.01. The van der Waals surface area contributed by atoms with Crippen LogP contribution in [0.5, 0.6) is 11.5 Å². The van der Waals surface area contributed by atoms with Gasteiger partial charge >= 0.3 is 0 Å². The molecule has 3 aromatic rings. The number of benzene rings is 1. The molecule has 0 unspecified atom stereocenters. The topological polar surface area (TPSA) is 113 Å². The monoisotopic (exact) mass is 344 g/mol. The lowest BCUT2D eigenvalue weighted by atomic mass is 10.1. The highest BCUT2D eigenvalue weighted by Crippen LogP contribution is 2.32. The van der Waals surface area contributed by atoms with Gasteiger partial charge in [0.2, 0.25) is 5.96 Å². The van der Waals surface area contributed by atoms with Crippen LogP contribution in [0, 0.1) is 0 Å². The van der Waals surface area contributed by atoms with Gasteiger partial charge in [-0.3, -0.25) is 4.40 Å². The average molecular weight is 344 g/mol. The van der Waals surface area contributed by atoms with E-state index in [4.69, 9.17) is 20.9 Å². The number of ether oxygens (including phenoxy) is 2. The second kappa shape index (κ2) is 6.59. The van der Waals surface area contributed by atoms with Gasteiger partial charge in [0.1, 0.15) is 11.5 Å². The Kier molecular flexibility index (Phi) is 4.34. The molecule has 1 aromatic carbocycles. The quantitative estimate of drug-likeness (QED) is 0.415. The van der Waals surface area contributed by atoms with Crippen molar-refractivity contribution in [2.45, 2.75) is 0 Å². The Morgan fingerprint density at radius 1 is 1.21 bits per heavy atom. The third-order valence-electron chi connectivity index (χ3n) is 3.28. The Balaban J connectivity index is 2.17. The highest BCUT2D eigenvalue weighted by Gasteiger charge is 2.15. The van der Waals surface area contributed by atoms with Crippen LogP contribution in [-0.2, 0) is 0 Å². The lowest BCUT2D eigenvalue weighted by Gasteiger charge is -2.07. The summed E-state index contributed by atoms with van der Waals surface area (Å²) in [4.78, 5) is 5.49. The zero-order chi connectivity index (χ0) is 17.1. The van der Waals surface area contributed by atoms with E-state index in [0.717, 1.165) is 21.9 Å². The van der Waals surface area contributed by atoms with E-state index in [1.807, 2.05) is 28.1 Å². The van der Waals surface area contributed by atoms with Gasteiger partial charge < -0.3 is 20.9 Å². The van der Waals surface area contributed by atoms with Gasteiger partial charge in [0.05, 0.1) is 31.8 Å². The Hall–Kier alpha value is -3.07. The molecular formula is C15H16N6O2S. The SMILES string of the molecule is COc1cc(OC)cc(-c2nc3sccn3c2/C=N/N=C(N)N)c1. The molecule has 0 saturated heterocycles. The Morgan fingerprint density at radius 2 is 1.92 bits per heavy atom. The van der Waals surface area contributed by atoms with Crippen LogP contribution in [0.3, 0.4) is 0 Å². The fraction of sp³-hybridized carbons (Fsp3) is 0.133. The second-order valence-corrected chi connectivity index (χ2v) is 5.65. The van der Waals surface area contributed by atoms with E-state index in [2.05, 4.69) is 15.2 Å². The summed E-state index contributed by atoms with van der Waals surface area (Å²) in [7, 11) is 3.21. The Bertz CT molecular complexity index is 901. The van der Waals surface area contributed by atoms with E-state index in [1.54, 1.807) is 26.5 Å². The molecule has 9 heteroatoms. The van der Waals surface area contributed by atoms with Crippen LogP contribution in [0.1, 0.15) is 5.69 Å². The number of hydrogen-bond acceptors (Lipinski definition) is 6. The maximum atomic E-state index is 5.33. The minimum absolute atomic E-state index is 0.109. The van der Waals surface area contributed by atoms with Crippen molar-refractivity contribution in [3.8, 4) is 22.8 Å². The zero-order valence-electron chi connectivity index (χ0n) is 13.1. The summed E-state index contributed by atoms with van der Waals surface area (Å²) in [6, 6.07) is 5.56. The molecule has 2 aromatic heterocycles. The molecule has 0 fully saturated rings. The first-order valence-electron chi connectivity index (χ1n) is 6.93. The molecule has 124 valence electrons. The van der Waals surface area contributed by atoms with Crippen LogP contribution >= 0.6 is 11.3 Å². The molecule has 0 radical (unpaired) electrons. The standard InChI is InChI=1S/C15H16N6O2S/c1-22-10-5-9(6-11(7-10)23-2)13-12(8-18-20-14(16)17)21-3-4-24-15(21)19-13/h3-8H,1-2H3,(H4,16,17,20)/b18-8+. The Morgan fingerprint density at radius 3 is 2.54 bits per heavy atom. The summed E-state index contributed by atoms with van der Waals surface area (Å²) < 4.78 is 12.6. The van der Waals surface area contributed by atoms with E-state index >= 15 is 0 Å². The summed E-state index contributed by atoms with van der Waals surface area (Å²) in [6.07, 6.45) is 3.47. The molecule has 3 rings (SSSR count). The molecule has 0 bridgehead atoms. The van der Waals surface area contributed by atoms with Crippen molar-refractivity contribution in [2.24, 2.45) is 21.7 Å². The number of nitrogens with zero attached hydrogens (tertiary/aromatic N) is 4. The number of aromatic nitrogens is 2. The van der Waals surface area contributed by atoms with Gasteiger partial charge in [0.25, 0.3) is 0 Å². The number of thiazole rings is 1.